The SMILES string of the molecule is COc1ccc(C=C2SC(=S)N(c3cccc(Cl)c3)C2=O)cc1. The molecular formula is C17H12ClNO2S2. The summed E-state index contributed by atoms with van der Waals surface area (Å²) < 4.78 is 5.63. The van der Waals surface area contributed by atoms with Gasteiger partial charge in [0, 0.05) is 5.02 Å². The third-order valence-electron chi connectivity index (χ3n) is 3.27. The minimum Gasteiger partial charge on any atom is -0.497 e. The number of carbonyl (C=O) groups is 1. The normalized spacial score (nSPS) is 16.3. The van der Waals surface area contributed by atoms with Crippen molar-refractivity contribution >= 4 is 57.6 Å². The Morgan fingerprint density at radius 3 is 2.61 bits per heavy atom. The zero-order valence-electron chi connectivity index (χ0n) is 12.2. The molecule has 3 nitrogen and oxygen atoms in total. The summed E-state index contributed by atoms with van der Waals surface area (Å²) in [7, 11) is 1.62. The molecule has 0 spiro atoms. The molecule has 3 rings (SSSR count). The van der Waals surface area contributed by atoms with E-state index in [0.29, 0.717) is 19.9 Å². The van der Waals surface area contributed by atoms with E-state index in [9.17, 15) is 4.79 Å². The van der Waals surface area contributed by atoms with E-state index >= 15 is 0 Å². The van der Waals surface area contributed by atoms with Crippen LogP contribution >= 0.6 is 35.6 Å². The molecule has 23 heavy (non-hydrogen) atoms. The molecule has 1 aliphatic rings. The maximum Gasteiger partial charge on any atom is 0.270 e. The molecule has 1 fully saturated rings. The van der Waals surface area contributed by atoms with Gasteiger partial charge < -0.3 is 4.74 Å². The highest BCUT2D eigenvalue weighted by molar-refractivity contribution is 8.27. The quantitative estimate of drug-likeness (QED) is 0.582. The molecule has 0 unspecified atom stereocenters. The second kappa shape index (κ2) is 6.74. The monoisotopic (exact) mass is 361 g/mol. The van der Waals surface area contributed by atoms with Crippen molar-refractivity contribution in [2.45, 2.75) is 0 Å². The lowest BCUT2D eigenvalue weighted by Gasteiger charge is -2.14. The van der Waals surface area contributed by atoms with Crippen molar-refractivity contribution in [3.05, 3.63) is 64.0 Å². The first-order chi connectivity index (χ1) is 11.1. The van der Waals surface area contributed by atoms with Crippen molar-refractivity contribution in [1.82, 2.24) is 0 Å². The smallest absolute Gasteiger partial charge is 0.270 e. The van der Waals surface area contributed by atoms with Crippen molar-refractivity contribution < 1.29 is 9.53 Å². The van der Waals surface area contributed by atoms with Crippen LogP contribution < -0.4 is 9.64 Å². The third kappa shape index (κ3) is 3.42. The molecule has 6 heteroatoms. The van der Waals surface area contributed by atoms with Gasteiger partial charge in [0.1, 0.15) is 5.75 Å². The number of thioether (sulfide) groups is 1. The molecule has 0 bridgehead atoms. The molecule has 1 amide bonds. The number of nitrogens with zero attached hydrogens (tertiary/aromatic N) is 1. The minimum atomic E-state index is -0.141. The van der Waals surface area contributed by atoms with Crippen molar-refractivity contribution in [3.8, 4) is 5.75 Å². The molecule has 1 saturated heterocycles. The van der Waals surface area contributed by atoms with Crippen LogP contribution in [-0.2, 0) is 4.79 Å². The molecule has 0 aromatic heterocycles. The number of thiocarbonyl (C=S) groups is 1. The van der Waals surface area contributed by atoms with Crippen molar-refractivity contribution in [2.24, 2.45) is 0 Å². The Bertz CT molecular complexity index is 802. The summed E-state index contributed by atoms with van der Waals surface area (Å²) in [5.41, 5.74) is 1.59. The topological polar surface area (TPSA) is 29.5 Å². The lowest BCUT2D eigenvalue weighted by Crippen LogP contribution is -2.27. The van der Waals surface area contributed by atoms with Gasteiger partial charge in [0.2, 0.25) is 0 Å². The van der Waals surface area contributed by atoms with Gasteiger partial charge in [0.25, 0.3) is 5.91 Å². The number of methoxy groups -OCH3 is 1. The van der Waals surface area contributed by atoms with Gasteiger partial charge >= 0.3 is 0 Å². The number of benzene rings is 2. The van der Waals surface area contributed by atoms with Gasteiger partial charge in [-0.05, 0) is 42.0 Å². The number of hydrogen-bond donors (Lipinski definition) is 0. The summed E-state index contributed by atoms with van der Waals surface area (Å²) in [6, 6.07) is 14.6. The molecule has 0 aliphatic carbocycles. The Labute approximate surface area is 148 Å². The van der Waals surface area contributed by atoms with Crippen LogP contribution in [0, 0.1) is 0 Å². The lowest BCUT2D eigenvalue weighted by molar-refractivity contribution is -0.113. The van der Waals surface area contributed by atoms with Crippen LogP contribution in [0.5, 0.6) is 5.75 Å². The van der Waals surface area contributed by atoms with Crippen molar-refractivity contribution in [3.63, 3.8) is 0 Å². The standard InChI is InChI=1S/C17H12ClNO2S2/c1-21-14-7-5-11(6-8-14)9-15-16(20)19(17(22)23-15)13-4-2-3-12(18)10-13/h2-10H,1H3. The number of ether oxygens (including phenoxy) is 1. The summed E-state index contributed by atoms with van der Waals surface area (Å²) in [6.45, 7) is 0. The Balaban J connectivity index is 1.89. The highest BCUT2D eigenvalue weighted by atomic mass is 35.5. The number of halogens is 1. The predicted octanol–water partition coefficient (Wildman–Crippen LogP) is 4.75. The Morgan fingerprint density at radius 1 is 1.22 bits per heavy atom. The second-order valence-corrected chi connectivity index (χ2v) is 6.88. The fourth-order valence-corrected chi connectivity index (χ4v) is 3.64. The van der Waals surface area contributed by atoms with Gasteiger partial charge in [-0.3, -0.25) is 9.69 Å². The Kier molecular flexibility index (Phi) is 4.71. The van der Waals surface area contributed by atoms with Crippen LogP contribution in [-0.4, -0.2) is 17.3 Å². The van der Waals surface area contributed by atoms with Crippen LogP contribution in [0.4, 0.5) is 5.69 Å². The van der Waals surface area contributed by atoms with Gasteiger partial charge in [-0.15, -0.1) is 0 Å². The molecular weight excluding hydrogens is 350 g/mol. The fraction of sp³-hybridized carbons (Fsp3) is 0.0588. The zero-order valence-corrected chi connectivity index (χ0v) is 14.5. The highest BCUT2D eigenvalue weighted by Gasteiger charge is 2.33. The number of amides is 1. The van der Waals surface area contributed by atoms with Gasteiger partial charge in [-0.25, -0.2) is 0 Å². The zero-order chi connectivity index (χ0) is 16.4. The summed E-state index contributed by atoms with van der Waals surface area (Å²) in [4.78, 5) is 14.7. The van der Waals surface area contributed by atoms with E-state index in [0.717, 1.165) is 11.3 Å². The predicted molar refractivity (Wildman–Crippen MR) is 100 cm³/mol. The number of carbonyl (C=O) groups excluding carboxylic acids is 1. The average Bonchev–Trinajstić information content (AvgIpc) is 2.82. The molecule has 0 saturated carbocycles. The minimum absolute atomic E-state index is 0.141. The summed E-state index contributed by atoms with van der Waals surface area (Å²) in [5, 5.41) is 0.565. The molecule has 0 atom stereocenters. The second-order valence-electron chi connectivity index (χ2n) is 4.77. The largest absolute Gasteiger partial charge is 0.497 e. The summed E-state index contributed by atoms with van der Waals surface area (Å²) >= 11 is 12.6. The van der Waals surface area contributed by atoms with Crippen LogP contribution in [0.15, 0.2) is 53.4 Å². The lowest BCUT2D eigenvalue weighted by atomic mass is 10.2. The molecule has 1 aliphatic heterocycles. The number of rotatable bonds is 3. The molecule has 116 valence electrons. The van der Waals surface area contributed by atoms with Crippen LogP contribution in [0.1, 0.15) is 5.56 Å². The van der Waals surface area contributed by atoms with Crippen molar-refractivity contribution in [2.75, 3.05) is 12.0 Å². The van der Waals surface area contributed by atoms with E-state index in [1.54, 1.807) is 25.3 Å². The third-order valence-corrected chi connectivity index (χ3v) is 4.81. The van der Waals surface area contributed by atoms with Crippen LogP contribution in [0.2, 0.25) is 5.02 Å². The highest BCUT2D eigenvalue weighted by Crippen LogP contribution is 2.36. The fourth-order valence-electron chi connectivity index (χ4n) is 2.16. The van der Waals surface area contributed by atoms with Crippen LogP contribution in [0.25, 0.3) is 6.08 Å². The molecule has 2 aromatic rings. The Hall–Kier alpha value is -1.82. The first kappa shape index (κ1) is 16.1. The van der Waals surface area contributed by atoms with E-state index in [4.69, 9.17) is 28.6 Å². The first-order valence-electron chi connectivity index (χ1n) is 6.76. The molecule has 1 heterocycles. The maximum atomic E-state index is 12.6. The van der Waals surface area contributed by atoms with E-state index in [1.165, 1.54) is 16.7 Å². The maximum absolute atomic E-state index is 12.6. The van der Waals surface area contributed by atoms with E-state index in [-0.39, 0.29) is 5.91 Å². The van der Waals surface area contributed by atoms with Gasteiger partial charge in [-0.2, -0.15) is 0 Å². The molecule has 0 N–H and O–H groups in total. The van der Waals surface area contributed by atoms with E-state index in [2.05, 4.69) is 0 Å². The number of anilines is 1. The van der Waals surface area contributed by atoms with Gasteiger partial charge in [-0.1, -0.05) is 53.8 Å². The summed E-state index contributed by atoms with van der Waals surface area (Å²) in [6.07, 6.45) is 1.82. The van der Waals surface area contributed by atoms with E-state index in [1.807, 2.05) is 36.4 Å². The Morgan fingerprint density at radius 2 is 1.96 bits per heavy atom. The van der Waals surface area contributed by atoms with Gasteiger partial charge in [0.05, 0.1) is 17.7 Å². The van der Waals surface area contributed by atoms with Gasteiger partial charge in [0.15, 0.2) is 4.32 Å². The van der Waals surface area contributed by atoms with Crippen LogP contribution in [0.3, 0.4) is 0 Å². The first-order valence-corrected chi connectivity index (χ1v) is 8.36. The van der Waals surface area contributed by atoms with E-state index < -0.39 is 0 Å². The molecule has 2 aromatic carbocycles. The summed E-state index contributed by atoms with van der Waals surface area (Å²) in [5.74, 6) is 0.631. The number of hydrogen-bond acceptors (Lipinski definition) is 4. The van der Waals surface area contributed by atoms with Crippen molar-refractivity contribution in [1.29, 1.82) is 0 Å². The molecule has 0 radical (unpaired) electrons. The average molecular weight is 362 g/mol.